The number of nitrogens with one attached hydrogen (secondary N) is 1. The first-order valence-corrected chi connectivity index (χ1v) is 9.53. The van der Waals surface area contributed by atoms with Crippen molar-refractivity contribution >= 4 is 23.2 Å². The van der Waals surface area contributed by atoms with Crippen LogP contribution in [0.25, 0.3) is 10.4 Å². The van der Waals surface area contributed by atoms with Crippen LogP contribution in [0.3, 0.4) is 0 Å². The number of carbonyl (C=O) groups excluding carboxylic acids is 2. The van der Waals surface area contributed by atoms with Gasteiger partial charge in [-0.25, -0.2) is 4.39 Å². The maximum absolute atomic E-state index is 13.9. The maximum Gasteiger partial charge on any atom is 0.264 e. The van der Waals surface area contributed by atoms with Gasteiger partial charge in [0.2, 0.25) is 5.91 Å². The summed E-state index contributed by atoms with van der Waals surface area (Å²) in [5, 5.41) is 2.79. The molecular weight excluding hydrogens is 353 g/mol. The minimum Gasteiger partial charge on any atom is -0.355 e. The van der Waals surface area contributed by atoms with E-state index >= 15 is 0 Å². The molecule has 1 aromatic carbocycles. The fraction of sp³-hybridized carbons (Fsp3) is 0.368. The van der Waals surface area contributed by atoms with Gasteiger partial charge in [0.1, 0.15) is 5.82 Å². The highest BCUT2D eigenvalue weighted by Crippen LogP contribution is 2.30. The molecular formula is C19H22FN3O2S. The van der Waals surface area contributed by atoms with Crippen LogP contribution in [0.1, 0.15) is 16.6 Å². The number of thiophene rings is 1. The van der Waals surface area contributed by atoms with Crippen molar-refractivity contribution in [3.63, 3.8) is 0 Å². The van der Waals surface area contributed by atoms with E-state index < -0.39 is 0 Å². The minimum atomic E-state index is -0.285. The molecule has 5 nitrogen and oxygen atoms in total. The van der Waals surface area contributed by atoms with E-state index in [1.165, 1.54) is 17.4 Å². The van der Waals surface area contributed by atoms with E-state index in [0.717, 1.165) is 4.88 Å². The van der Waals surface area contributed by atoms with Gasteiger partial charge in [0, 0.05) is 43.2 Å². The lowest BCUT2D eigenvalue weighted by molar-refractivity contribution is -0.122. The highest BCUT2D eigenvalue weighted by atomic mass is 32.1. The summed E-state index contributed by atoms with van der Waals surface area (Å²) >= 11 is 1.31. The number of nitrogens with zero attached hydrogens (tertiary/aromatic N) is 2. The highest BCUT2D eigenvalue weighted by molar-refractivity contribution is 7.17. The van der Waals surface area contributed by atoms with E-state index in [9.17, 15) is 14.0 Å². The van der Waals surface area contributed by atoms with Gasteiger partial charge in [-0.1, -0.05) is 18.2 Å². The topological polar surface area (TPSA) is 52.7 Å². The van der Waals surface area contributed by atoms with Gasteiger partial charge in [0.15, 0.2) is 0 Å². The second kappa shape index (κ2) is 8.42. The normalized spacial score (nSPS) is 15.1. The molecule has 0 radical (unpaired) electrons. The summed E-state index contributed by atoms with van der Waals surface area (Å²) in [6.07, 6.45) is 0. The van der Waals surface area contributed by atoms with E-state index in [0.29, 0.717) is 49.7 Å². The summed E-state index contributed by atoms with van der Waals surface area (Å²) in [6.45, 7) is 5.41. The molecule has 1 aliphatic rings. The molecule has 1 fully saturated rings. The van der Waals surface area contributed by atoms with Crippen LogP contribution in [-0.2, 0) is 4.79 Å². The first-order valence-electron chi connectivity index (χ1n) is 8.71. The van der Waals surface area contributed by atoms with Crippen LogP contribution in [0.15, 0.2) is 36.4 Å². The van der Waals surface area contributed by atoms with Crippen molar-refractivity contribution in [3.8, 4) is 10.4 Å². The third kappa shape index (κ3) is 4.28. The molecule has 0 spiro atoms. The Labute approximate surface area is 156 Å². The van der Waals surface area contributed by atoms with E-state index in [1.807, 2.05) is 11.8 Å². The summed E-state index contributed by atoms with van der Waals surface area (Å²) in [7, 11) is 0. The van der Waals surface area contributed by atoms with Crippen molar-refractivity contribution in [1.29, 1.82) is 0 Å². The predicted octanol–water partition coefficient (Wildman–Crippen LogP) is 2.45. The van der Waals surface area contributed by atoms with Gasteiger partial charge in [-0.3, -0.25) is 14.5 Å². The van der Waals surface area contributed by atoms with Gasteiger partial charge < -0.3 is 10.2 Å². The fourth-order valence-corrected chi connectivity index (χ4v) is 3.98. The van der Waals surface area contributed by atoms with Crippen LogP contribution < -0.4 is 5.32 Å². The number of likely N-dealkylation sites (N-methyl/N-ethyl adjacent to an activating group) is 1. The smallest absolute Gasteiger partial charge is 0.264 e. The second-order valence-corrected chi connectivity index (χ2v) is 7.25. The monoisotopic (exact) mass is 375 g/mol. The number of rotatable bonds is 5. The van der Waals surface area contributed by atoms with E-state index in [2.05, 4.69) is 5.32 Å². The Hall–Kier alpha value is -2.25. The van der Waals surface area contributed by atoms with E-state index in [1.54, 1.807) is 35.2 Å². The molecule has 138 valence electrons. The molecule has 0 atom stereocenters. The van der Waals surface area contributed by atoms with Crippen LogP contribution in [0.4, 0.5) is 4.39 Å². The molecule has 2 aromatic rings. The average Bonchev–Trinajstić information content (AvgIpc) is 3.12. The van der Waals surface area contributed by atoms with Gasteiger partial charge in [-0.2, -0.15) is 0 Å². The van der Waals surface area contributed by atoms with E-state index in [-0.39, 0.29) is 17.6 Å². The molecule has 0 bridgehead atoms. The molecule has 1 saturated heterocycles. The Morgan fingerprint density at radius 1 is 1.12 bits per heavy atom. The minimum absolute atomic E-state index is 0.0139. The van der Waals surface area contributed by atoms with E-state index in [4.69, 9.17) is 0 Å². The Bertz CT molecular complexity index is 785. The van der Waals surface area contributed by atoms with Gasteiger partial charge in [-0.15, -0.1) is 11.3 Å². The predicted molar refractivity (Wildman–Crippen MR) is 101 cm³/mol. The van der Waals surface area contributed by atoms with Crippen molar-refractivity contribution in [3.05, 3.63) is 47.1 Å². The molecule has 2 heterocycles. The average molecular weight is 375 g/mol. The largest absolute Gasteiger partial charge is 0.355 e. The Balaban J connectivity index is 1.59. The van der Waals surface area contributed by atoms with Gasteiger partial charge in [0.25, 0.3) is 5.91 Å². The zero-order valence-corrected chi connectivity index (χ0v) is 15.5. The van der Waals surface area contributed by atoms with Crippen LogP contribution >= 0.6 is 11.3 Å². The van der Waals surface area contributed by atoms with Crippen LogP contribution in [-0.4, -0.2) is 60.9 Å². The Kier molecular flexibility index (Phi) is 6.00. The van der Waals surface area contributed by atoms with Crippen LogP contribution in [0.5, 0.6) is 0 Å². The molecule has 7 heteroatoms. The summed E-state index contributed by atoms with van der Waals surface area (Å²) in [5.74, 6) is -0.303. The van der Waals surface area contributed by atoms with Crippen molar-refractivity contribution in [1.82, 2.24) is 15.1 Å². The quantitative estimate of drug-likeness (QED) is 0.873. The maximum atomic E-state index is 13.9. The number of benzene rings is 1. The van der Waals surface area contributed by atoms with Crippen molar-refractivity contribution < 1.29 is 14.0 Å². The first-order chi connectivity index (χ1) is 12.6. The summed E-state index contributed by atoms with van der Waals surface area (Å²) < 4.78 is 13.9. The molecule has 2 amide bonds. The molecule has 1 N–H and O–H groups in total. The highest BCUT2D eigenvalue weighted by Gasteiger charge is 2.24. The summed E-state index contributed by atoms with van der Waals surface area (Å²) in [6, 6.07) is 10.1. The number of hydrogen-bond donors (Lipinski definition) is 1. The molecule has 1 aromatic heterocycles. The number of halogens is 1. The van der Waals surface area contributed by atoms with Gasteiger partial charge in [-0.05, 0) is 25.1 Å². The third-order valence-corrected chi connectivity index (χ3v) is 5.46. The number of carbonyl (C=O) groups is 2. The van der Waals surface area contributed by atoms with Crippen molar-refractivity contribution in [2.24, 2.45) is 0 Å². The molecule has 3 rings (SSSR count). The molecule has 0 saturated carbocycles. The third-order valence-electron chi connectivity index (χ3n) is 4.36. The lowest BCUT2D eigenvalue weighted by atomic mass is 10.2. The second-order valence-electron chi connectivity index (χ2n) is 6.17. The molecule has 0 aliphatic carbocycles. The molecule has 26 heavy (non-hydrogen) atoms. The van der Waals surface area contributed by atoms with Crippen molar-refractivity contribution in [2.75, 3.05) is 39.3 Å². The zero-order valence-electron chi connectivity index (χ0n) is 14.7. The lowest BCUT2D eigenvalue weighted by Gasteiger charge is -2.34. The SMILES string of the molecule is CCNC(=O)CN1CCN(C(=O)c2ccc(-c3ccccc3F)s2)CC1. The van der Waals surface area contributed by atoms with Crippen LogP contribution in [0.2, 0.25) is 0 Å². The number of hydrogen-bond acceptors (Lipinski definition) is 4. The zero-order chi connectivity index (χ0) is 18.5. The number of piperazine rings is 1. The Morgan fingerprint density at radius 3 is 2.54 bits per heavy atom. The van der Waals surface area contributed by atoms with Crippen molar-refractivity contribution in [2.45, 2.75) is 6.92 Å². The molecule has 1 aliphatic heterocycles. The fourth-order valence-electron chi connectivity index (χ4n) is 2.98. The first kappa shape index (κ1) is 18.5. The summed E-state index contributed by atoms with van der Waals surface area (Å²) in [4.78, 5) is 29.6. The molecule has 0 unspecified atom stereocenters. The Morgan fingerprint density at radius 2 is 1.85 bits per heavy atom. The standard InChI is InChI=1S/C19H22FN3O2S/c1-2-21-18(24)13-22-9-11-23(12-10-22)19(25)17-8-7-16(26-17)14-5-3-4-6-15(14)20/h3-8H,2,9-13H2,1H3,(H,21,24). The number of amides is 2. The van der Waals surface area contributed by atoms with Crippen LogP contribution in [0, 0.1) is 5.82 Å². The van der Waals surface area contributed by atoms with Gasteiger partial charge in [0.05, 0.1) is 11.4 Å². The summed E-state index contributed by atoms with van der Waals surface area (Å²) in [5.41, 5.74) is 0.517. The lowest BCUT2D eigenvalue weighted by Crippen LogP contribution is -2.51. The van der Waals surface area contributed by atoms with Gasteiger partial charge >= 0.3 is 0 Å².